The van der Waals surface area contributed by atoms with Gasteiger partial charge in [-0.25, -0.2) is 9.37 Å². The lowest BCUT2D eigenvalue weighted by molar-refractivity contribution is 0.0453. The van der Waals surface area contributed by atoms with Crippen LogP contribution < -0.4 is 0 Å². The summed E-state index contributed by atoms with van der Waals surface area (Å²) in [6, 6.07) is 6.53. The van der Waals surface area contributed by atoms with Gasteiger partial charge in [-0.2, -0.15) is 0 Å². The molecule has 2 unspecified atom stereocenters. The van der Waals surface area contributed by atoms with Gasteiger partial charge in [-0.15, -0.1) is 5.10 Å². The first-order valence-electron chi connectivity index (χ1n) is 7.09. The first-order chi connectivity index (χ1) is 10.2. The van der Waals surface area contributed by atoms with Gasteiger partial charge in [-0.05, 0) is 30.0 Å². The molecular formula is C15H18FN3OS. The maximum Gasteiger partial charge on any atom is 0.208 e. The molecule has 0 bridgehead atoms. The Bertz CT molecular complexity index is 587. The highest BCUT2D eigenvalue weighted by Crippen LogP contribution is 2.30. The average molecular weight is 307 g/mol. The number of nitrogens with zero attached hydrogens (tertiary/aromatic N) is 2. The summed E-state index contributed by atoms with van der Waals surface area (Å²) in [5, 5.41) is 8.07. The Hall–Kier alpha value is -1.40. The molecule has 0 aliphatic carbocycles. The van der Waals surface area contributed by atoms with Gasteiger partial charge in [-0.3, -0.25) is 5.10 Å². The van der Waals surface area contributed by atoms with E-state index in [9.17, 15) is 4.39 Å². The average Bonchev–Trinajstić information content (AvgIpc) is 2.96. The summed E-state index contributed by atoms with van der Waals surface area (Å²) in [5.41, 5.74) is 1.06. The third-order valence-corrected chi connectivity index (χ3v) is 4.67. The van der Waals surface area contributed by atoms with Crippen LogP contribution in [-0.4, -0.2) is 28.4 Å². The monoisotopic (exact) mass is 307 g/mol. The second-order valence-electron chi connectivity index (χ2n) is 5.37. The quantitative estimate of drug-likeness (QED) is 0.880. The topological polar surface area (TPSA) is 50.8 Å². The number of aromatic nitrogens is 3. The molecule has 0 radical (unpaired) electrons. The number of H-pyrrole nitrogens is 1. The highest BCUT2D eigenvalue weighted by molar-refractivity contribution is 7.98. The zero-order chi connectivity index (χ0) is 14.7. The minimum Gasteiger partial charge on any atom is -0.381 e. The van der Waals surface area contributed by atoms with E-state index in [0.717, 1.165) is 41.9 Å². The van der Waals surface area contributed by atoms with Crippen LogP contribution in [0.2, 0.25) is 0 Å². The lowest BCUT2D eigenvalue weighted by Gasteiger charge is -2.26. The predicted molar refractivity (Wildman–Crippen MR) is 79.7 cm³/mol. The Kier molecular flexibility index (Phi) is 4.55. The minimum absolute atomic E-state index is 0.211. The van der Waals surface area contributed by atoms with Crippen molar-refractivity contribution < 1.29 is 9.13 Å². The molecule has 1 aliphatic heterocycles. The molecular weight excluding hydrogens is 289 g/mol. The molecule has 21 heavy (non-hydrogen) atoms. The Morgan fingerprint density at radius 3 is 2.95 bits per heavy atom. The standard InChI is InChI=1S/C15H18FN3OS/c1-10-8-20-7-6-13(10)14-17-15(19-18-14)21-9-11-2-4-12(16)5-3-11/h2-5,10,13H,6-9H2,1H3,(H,17,18,19). The molecule has 0 spiro atoms. The van der Waals surface area contributed by atoms with E-state index in [2.05, 4.69) is 22.1 Å². The van der Waals surface area contributed by atoms with E-state index >= 15 is 0 Å². The van der Waals surface area contributed by atoms with E-state index in [1.807, 2.05) is 0 Å². The number of thioether (sulfide) groups is 1. The molecule has 1 aromatic carbocycles. The molecule has 4 nitrogen and oxygen atoms in total. The van der Waals surface area contributed by atoms with Crippen LogP contribution in [0.25, 0.3) is 0 Å². The van der Waals surface area contributed by atoms with Crippen molar-refractivity contribution in [2.75, 3.05) is 13.2 Å². The molecule has 1 aromatic heterocycles. The highest BCUT2D eigenvalue weighted by atomic mass is 32.2. The fourth-order valence-corrected chi connectivity index (χ4v) is 3.26. The number of halogens is 1. The lowest BCUT2D eigenvalue weighted by Crippen LogP contribution is -2.24. The molecule has 112 valence electrons. The van der Waals surface area contributed by atoms with Gasteiger partial charge in [0.2, 0.25) is 5.16 Å². The lowest BCUT2D eigenvalue weighted by atomic mass is 9.89. The maximum atomic E-state index is 12.8. The summed E-state index contributed by atoms with van der Waals surface area (Å²) >= 11 is 1.56. The van der Waals surface area contributed by atoms with E-state index in [1.165, 1.54) is 12.1 Å². The zero-order valence-electron chi connectivity index (χ0n) is 11.9. The van der Waals surface area contributed by atoms with Crippen molar-refractivity contribution in [2.24, 2.45) is 5.92 Å². The predicted octanol–water partition coefficient (Wildman–Crippen LogP) is 3.38. The zero-order valence-corrected chi connectivity index (χ0v) is 12.7. The van der Waals surface area contributed by atoms with Gasteiger partial charge in [-0.1, -0.05) is 30.8 Å². The van der Waals surface area contributed by atoms with Crippen molar-refractivity contribution in [1.82, 2.24) is 15.2 Å². The highest BCUT2D eigenvalue weighted by Gasteiger charge is 2.26. The second-order valence-corrected chi connectivity index (χ2v) is 6.31. The molecule has 1 saturated heterocycles. The molecule has 1 fully saturated rings. The molecule has 6 heteroatoms. The summed E-state index contributed by atoms with van der Waals surface area (Å²) in [6.45, 7) is 3.74. The van der Waals surface area contributed by atoms with Crippen molar-refractivity contribution in [2.45, 2.75) is 30.2 Å². The van der Waals surface area contributed by atoms with Crippen LogP contribution in [-0.2, 0) is 10.5 Å². The van der Waals surface area contributed by atoms with E-state index in [1.54, 1.807) is 23.9 Å². The number of aromatic amines is 1. The number of hydrogen-bond acceptors (Lipinski definition) is 4. The third-order valence-electron chi connectivity index (χ3n) is 3.76. The number of hydrogen-bond donors (Lipinski definition) is 1. The first kappa shape index (κ1) is 14.5. The summed E-state index contributed by atoms with van der Waals surface area (Å²) in [7, 11) is 0. The minimum atomic E-state index is -0.211. The van der Waals surface area contributed by atoms with E-state index < -0.39 is 0 Å². The number of rotatable bonds is 4. The van der Waals surface area contributed by atoms with Crippen LogP contribution in [0.5, 0.6) is 0 Å². The van der Waals surface area contributed by atoms with E-state index in [-0.39, 0.29) is 5.82 Å². The molecule has 3 rings (SSSR count). The molecule has 1 aliphatic rings. The van der Waals surface area contributed by atoms with Crippen molar-refractivity contribution in [1.29, 1.82) is 0 Å². The Balaban J connectivity index is 1.61. The van der Waals surface area contributed by atoms with Crippen LogP contribution in [0.3, 0.4) is 0 Å². The van der Waals surface area contributed by atoms with E-state index in [0.29, 0.717) is 11.8 Å². The van der Waals surface area contributed by atoms with Crippen LogP contribution >= 0.6 is 11.8 Å². The number of ether oxygens (including phenoxy) is 1. The van der Waals surface area contributed by atoms with Gasteiger partial charge in [0.1, 0.15) is 11.6 Å². The van der Waals surface area contributed by atoms with Crippen LogP contribution in [0.15, 0.2) is 29.4 Å². The van der Waals surface area contributed by atoms with Crippen LogP contribution in [0.4, 0.5) is 4.39 Å². The molecule has 0 saturated carbocycles. The molecule has 2 heterocycles. The summed E-state index contributed by atoms with van der Waals surface area (Å²) < 4.78 is 18.3. The summed E-state index contributed by atoms with van der Waals surface area (Å²) in [5.74, 6) is 2.33. The van der Waals surface area contributed by atoms with Gasteiger partial charge >= 0.3 is 0 Å². The third kappa shape index (κ3) is 3.63. The smallest absolute Gasteiger partial charge is 0.208 e. The van der Waals surface area contributed by atoms with Crippen molar-refractivity contribution in [3.63, 3.8) is 0 Å². The van der Waals surface area contributed by atoms with Gasteiger partial charge < -0.3 is 4.74 Å². The van der Waals surface area contributed by atoms with Crippen LogP contribution in [0, 0.1) is 11.7 Å². The summed E-state index contributed by atoms with van der Waals surface area (Å²) in [6.07, 6.45) is 0.985. The Morgan fingerprint density at radius 1 is 1.38 bits per heavy atom. The largest absolute Gasteiger partial charge is 0.381 e. The van der Waals surface area contributed by atoms with E-state index in [4.69, 9.17) is 4.74 Å². The fraction of sp³-hybridized carbons (Fsp3) is 0.467. The van der Waals surface area contributed by atoms with Gasteiger partial charge in [0.25, 0.3) is 0 Å². The fourth-order valence-electron chi connectivity index (χ4n) is 2.50. The Morgan fingerprint density at radius 2 is 2.19 bits per heavy atom. The molecule has 2 aromatic rings. The second kappa shape index (κ2) is 6.58. The van der Waals surface area contributed by atoms with Crippen molar-refractivity contribution in [3.8, 4) is 0 Å². The molecule has 1 N–H and O–H groups in total. The maximum absolute atomic E-state index is 12.8. The van der Waals surface area contributed by atoms with Gasteiger partial charge in [0, 0.05) is 24.9 Å². The first-order valence-corrected chi connectivity index (χ1v) is 8.08. The summed E-state index contributed by atoms with van der Waals surface area (Å²) in [4.78, 5) is 4.58. The van der Waals surface area contributed by atoms with Crippen molar-refractivity contribution >= 4 is 11.8 Å². The molecule has 0 amide bonds. The number of benzene rings is 1. The SMILES string of the molecule is CC1COCCC1c1nc(SCc2ccc(F)cc2)n[nH]1. The van der Waals surface area contributed by atoms with Gasteiger partial charge in [0.15, 0.2) is 0 Å². The number of nitrogens with one attached hydrogen (secondary N) is 1. The van der Waals surface area contributed by atoms with Gasteiger partial charge in [0.05, 0.1) is 0 Å². The van der Waals surface area contributed by atoms with Crippen LogP contribution in [0.1, 0.15) is 30.7 Å². The Labute approximate surface area is 127 Å². The molecule has 2 atom stereocenters. The van der Waals surface area contributed by atoms with Crippen molar-refractivity contribution in [3.05, 3.63) is 41.5 Å². The normalized spacial score (nSPS) is 22.4.